The van der Waals surface area contributed by atoms with Crippen LogP contribution >= 0.6 is 0 Å². The number of hydrogen-bond donors (Lipinski definition) is 1. The molecule has 1 aliphatic carbocycles. The summed E-state index contributed by atoms with van der Waals surface area (Å²) in [6, 6.07) is 1.14. The summed E-state index contributed by atoms with van der Waals surface area (Å²) in [7, 11) is 0. The van der Waals surface area contributed by atoms with Gasteiger partial charge in [0.05, 0.1) is 18.8 Å². The molecule has 4 aliphatic rings. The minimum atomic E-state index is 0.344. The minimum Gasteiger partial charge on any atom is -0.321 e. The summed E-state index contributed by atoms with van der Waals surface area (Å²) in [6.45, 7) is 3.03. The van der Waals surface area contributed by atoms with Gasteiger partial charge in [-0.15, -0.1) is 0 Å². The normalized spacial score (nSPS) is 39.7. The van der Waals surface area contributed by atoms with Crippen molar-refractivity contribution in [2.75, 3.05) is 19.6 Å². The average molecular weight is 277 g/mol. The first-order chi connectivity index (χ1) is 9.84. The van der Waals surface area contributed by atoms with Gasteiger partial charge >= 0.3 is 0 Å². The standard InChI is InChI=1S/C16H27N3O/c20-15-11-17-16(12-5-1-2-6-12)19(15)14-8-10-18-9-4-3-7-13(14)18/h12-14,16-17H,1-11H2. The molecule has 4 nitrogen and oxygen atoms in total. The van der Waals surface area contributed by atoms with Crippen LogP contribution in [0.3, 0.4) is 0 Å². The molecule has 3 heterocycles. The Morgan fingerprint density at radius 1 is 0.900 bits per heavy atom. The van der Waals surface area contributed by atoms with Gasteiger partial charge in [-0.25, -0.2) is 0 Å². The zero-order valence-electron chi connectivity index (χ0n) is 12.4. The van der Waals surface area contributed by atoms with Crippen LogP contribution in [0.5, 0.6) is 0 Å². The number of hydrogen-bond acceptors (Lipinski definition) is 3. The number of fused-ring (bicyclic) bond motifs is 1. The molecule has 0 bridgehead atoms. The fraction of sp³-hybridized carbons (Fsp3) is 0.938. The predicted molar refractivity (Wildman–Crippen MR) is 78.2 cm³/mol. The van der Waals surface area contributed by atoms with E-state index in [1.165, 1.54) is 64.5 Å². The quantitative estimate of drug-likeness (QED) is 0.832. The van der Waals surface area contributed by atoms with Crippen molar-refractivity contribution >= 4 is 5.91 Å². The second kappa shape index (κ2) is 5.30. The fourth-order valence-corrected chi connectivity index (χ4v) is 5.14. The van der Waals surface area contributed by atoms with Crippen LogP contribution in [-0.4, -0.2) is 53.6 Å². The van der Waals surface area contributed by atoms with E-state index in [0.717, 1.165) is 0 Å². The first-order valence-electron chi connectivity index (χ1n) is 8.63. The van der Waals surface area contributed by atoms with Gasteiger partial charge in [-0.2, -0.15) is 0 Å². The summed E-state index contributed by atoms with van der Waals surface area (Å²) in [6.07, 6.45) is 10.9. The third kappa shape index (κ3) is 2.08. The Balaban J connectivity index is 1.53. The summed E-state index contributed by atoms with van der Waals surface area (Å²) in [5, 5.41) is 3.53. The van der Waals surface area contributed by atoms with Crippen molar-refractivity contribution < 1.29 is 4.79 Å². The van der Waals surface area contributed by atoms with E-state index < -0.39 is 0 Å². The van der Waals surface area contributed by atoms with Crippen LogP contribution in [0, 0.1) is 5.92 Å². The summed E-state index contributed by atoms with van der Waals surface area (Å²) < 4.78 is 0. The zero-order chi connectivity index (χ0) is 13.5. The van der Waals surface area contributed by atoms with E-state index >= 15 is 0 Å². The Kier molecular flexibility index (Phi) is 3.47. The van der Waals surface area contributed by atoms with Crippen LogP contribution in [0.2, 0.25) is 0 Å². The summed E-state index contributed by atoms with van der Waals surface area (Å²) in [4.78, 5) is 17.4. The van der Waals surface area contributed by atoms with Gasteiger partial charge in [0.25, 0.3) is 0 Å². The molecule has 4 fully saturated rings. The van der Waals surface area contributed by atoms with Crippen molar-refractivity contribution in [2.45, 2.75) is 69.6 Å². The smallest absolute Gasteiger partial charge is 0.238 e. The number of amides is 1. The second-order valence-electron chi connectivity index (χ2n) is 7.13. The van der Waals surface area contributed by atoms with E-state index in [1.807, 2.05) is 0 Å². The maximum absolute atomic E-state index is 12.4. The Bertz CT molecular complexity index is 380. The highest BCUT2D eigenvalue weighted by Crippen LogP contribution is 2.37. The van der Waals surface area contributed by atoms with Gasteiger partial charge in [-0.05, 0) is 44.6 Å². The maximum atomic E-state index is 12.4. The molecule has 4 heteroatoms. The molecule has 3 unspecified atom stereocenters. The number of nitrogens with zero attached hydrogens (tertiary/aromatic N) is 2. The number of piperidine rings is 1. The van der Waals surface area contributed by atoms with E-state index in [9.17, 15) is 4.79 Å². The van der Waals surface area contributed by atoms with Gasteiger partial charge < -0.3 is 4.90 Å². The van der Waals surface area contributed by atoms with Crippen LogP contribution in [0.15, 0.2) is 0 Å². The number of nitrogens with one attached hydrogen (secondary N) is 1. The number of carbonyl (C=O) groups excluding carboxylic acids is 1. The molecule has 0 radical (unpaired) electrons. The largest absolute Gasteiger partial charge is 0.321 e. The van der Waals surface area contributed by atoms with Gasteiger partial charge in [0.2, 0.25) is 5.91 Å². The van der Waals surface area contributed by atoms with Crippen LogP contribution in [0.4, 0.5) is 0 Å². The van der Waals surface area contributed by atoms with Crippen molar-refractivity contribution in [3.05, 3.63) is 0 Å². The highest BCUT2D eigenvalue weighted by atomic mass is 16.2. The van der Waals surface area contributed by atoms with E-state index in [-0.39, 0.29) is 0 Å². The summed E-state index contributed by atoms with van der Waals surface area (Å²) in [5.41, 5.74) is 0. The molecule has 3 aliphatic heterocycles. The highest BCUT2D eigenvalue weighted by molar-refractivity contribution is 5.81. The molecular formula is C16H27N3O. The molecule has 4 rings (SSSR count). The Labute approximate surface area is 121 Å². The fourth-order valence-electron chi connectivity index (χ4n) is 5.14. The van der Waals surface area contributed by atoms with Crippen molar-refractivity contribution in [1.82, 2.24) is 15.1 Å². The summed E-state index contributed by atoms with van der Waals surface area (Å²) in [5.74, 6) is 1.07. The van der Waals surface area contributed by atoms with Crippen molar-refractivity contribution in [1.29, 1.82) is 0 Å². The average Bonchev–Trinajstić information content (AvgIpc) is 3.16. The molecular weight excluding hydrogens is 250 g/mol. The number of carbonyl (C=O) groups is 1. The predicted octanol–water partition coefficient (Wildman–Crippen LogP) is 1.56. The lowest BCUT2D eigenvalue weighted by molar-refractivity contribution is -0.131. The molecule has 1 amide bonds. The molecule has 1 saturated carbocycles. The van der Waals surface area contributed by atoms with Crippen molar-refractivity contribution in [3.8, 4) is 0 Å². The Morgan fingerprint density at radius 2 is 1.70 bits per heavy atom. The van der Waals surface area contributed by atoms with E-state index in [4.69, 9.17) is 0 Å². The SMILES string of the molecule is O=C1CNC(C2CCCC2)N1C1CCN2CCCCC12. The van der Waals surface area contributed by atoms with Crippen molar-refractivity contribution in [2.24, 2.45) is 5.92 Å². The Hall–Kier alpha value is -0.610. The Morgan fingerprint density at radius 3 is 2.55 bits per heavy atom. The van der Waals surface area contributed by atoms with Gasteiger partial charge in [0.15, 0.2) is 0 Å². The van der Waals surface area contributed by atoms with Gasteiger partial charge in [0.1, 0.15) is 0 Å². The molecule has 20 heavy (non-hydrogen) atoms. The molecule has 0 aromatic heterocycles. The first-order valence-corrected chi connectivity index (χ1v) is 8.63. The number of rotatable bonds is 2. The van der Waals surface area contributed by atoms with Gasteiger partial charge in [0, 0.05) is 12.6 Å². The molecule has 3 atom stereocenters. The lowest BCUT2D eigenvalue weighted by Gasteiger charge is -2.40. The third-order valence-corrected chi connectivity index (χ3v) is 6.07. The minimum absolute atomic E-state index is 0.344. The van der Waals surface area contributed by atoms with E-state index in [0.29, 0.717) is 36.6 Å². The first kappa shape index (κ1) is 13.1. The monoisotopic (exact) mass is 277 g/mol. The zero-order valence-corrected chi connectivity index (χ0v) is 12.4. The lowest BCUT2D eigenvalue weighted by atomic mass is 9.95. The molecule has 0 aromatic rings. The molecule has 1 N–H and O–H groups in total. The summed E-state index contributed by atoms with van der Waals surface area (Å²) >= 11 is 0. The van der Waals surface area contributed by atoms with Crippen LogP contribution in [0.25, 0.3) is 0 Å². The molecule has 112 valence electrons. The van der Waals surface area contributed by atoms with Gasteiger partial charge in [-0.3, -0.25) is 15.0 Å². The van der Waals surface area contributed by atoms with E-state index in [1.54, 1.807) is 0 Å². The van der Waals surface area contributed by atoms with Crippen LogP contribution < -0.4 is 5.32 Å². The van der Waals surface area contributed by atoms with Crippen molar-refractivity contribution in [3.63, 3.8) is 0 Å². The van der Waals surface area contributed by atoms with Gasteiger partial charge in [-0.1, -0.05) is 19.3 Å². The van der Waals surface area contributed by atoms with E-state index in [2.05, 4.69) is 15.1 Å². The maximum Gasteiger partial charge on any atom is 0.238 e. The molecule has 0 aromatic carbocycles. The highest BCUT2D eigenvalue weighted by Gasteiger charge is 2.47. The second-order valence-corrected chi connectivity index (χ2v) is 7.13. The van der Waals surface area contributed by atoms with Crippen LogP contribution in [-0.2, 0) is 4.79 Å². The van der Waals surface area contributed by atoms with Crippen LogP contribution in [0.1, 0.15) is 51.4 Å². The molecule has 3 saturated heterocycles. The lowest BCUT2D eigenvalue weighted by Crippen LogP contribution is -2.53. The topological polar surface area (TPSA) is 35.6 Å². The third-order valence-electron chi connectivity index (χ3n) is 6.07. The molecule has 0 spiro atoms.